The van der Waals surface area contributed by atoms with Crippen molar-refractivity contribution < 1.29 is 31.9 Å². The summed E-state index contributed by atoms with van der Waals surface area (Å²) in [5.41, 5.74) is 1.91. The SMILES string of the molecule is COc1ccc(C2=CCCNC2)cc1C(=O)N[C@H]1[C@@H](C(=O)Nc2ccc(F)c(C(F)(F)F)c2)[C@H]2CC[C@@H]1/C2=C\C1CC1. The molecule has 3 saturated carbocycles. The van der Waals surface area contributed by atoms with Gasteiger partial charge in [-0.15, -0.1) is 0 Å². The summed E-state index contributed by atoms with van der Waals surface area (Å²) in [7, 11) is 1.50. The van der Waals surface area contributed by atoms with Crippen molar-refractivity contribution in [3.8, 4) is 5.75 Å². The first-order chi connectivity index (χ1) is 20.1. The van der Waals surface area contributed by atoms with Crippen LogP contribution in [-0.2, 0) is 11.0 Å². The van der Waals surface area contributed by atoms with Crippen molar-refractivity contribution in [1.29, 1.82) is 0 Å². The van der Waals surface area contributed by atoms with Gasteiger partial charge in [0.05, 0.1) is 24.2 Å². The maximum Gasteiger partial charge on any atom is 0.419 e. The van der Waals surface area contributed by atoms with E-state index in [0.29, 0.717) is 35.9 Å². The Morgan fingerprint density at radius 1 is 1.05 bits per heavy atom. The van der Waals surface area contributed by atoms with Crippen LogP contribution >= 0.6 is 0 Å². The number of halogens is 4. The molecule has 10 heteroatoms. The standard InChI is InChI=1S/C32H33F4N3O3/c1-42-27-11-6-18(19-3-2-12-37-16-19)14-24(27)30(40)39-29-22-9-8-21(23(22)13-17-4-5-17)28(29)31(41)38-20-7-10-26(33)25(15-20)32(34,35)36/h3,6-7,10-11,13-15,17,21-22,28-29,37H,2,4-5,8-9,12,16H2,1H3,(H,38,41)(H,39,40)/b23-13-/t21-,22+,28-,29+/m0/s1. The van der Waals surface area contributed by atoms with E-state index in [9.17, 15) is 27.2 Å². The van der Waals surface area contributed by atoms with E-state index in [0.717, 1.165) is 61.4 Å². The Hall–Kier alpha value is -3.66. The van der Waals surface area contributed by atoms with Crippen molar-refractivity contribution in [2.45, 2.75) is 44.3 Å². The highest BCUT2D eigenvalue weighted by Gasteiger charge is 2.55. The Morgan fingerprint density at radius 3 is 2.52 bits per heavy atom. The monoisotopic (exact) mass is 583 g/mol. The predicted molar refractivity (Wildman–Crippen MR) is 150 cm³/mol. The summed E-state index contributed by atoms with van der Waals surface area (Å²) in [5.74, 6) is -2.27. The summed E-state index contributed by atoms with van der Waals surface area (Å²) >= 11 is 0. The van der Waals surface area contributed by atoms with Gasteiger partial charge in [-0.1, -0.05) is 23.8 Å². The summed E-state index contributed by atoms with van der Waals surface area (Å²) in [6.07, 6.45) is 4.10. The second-order valence-corrected chi connectivity index (χ2v) is 11.6. The Bertz CT molecular complexity index is 1460. The number of ether oxygens (including phenoxy) is 1. The minimum absolute atomic E-state index is 0.0475. The van der Waals surface area contributed by atoms with Crippen LogP contribution in [0.3, 0.4) is 0 Å². The van der Waals surface area contributed by atoms with Crippen LogP contribution in [0, 0.1) is 29.5 Å². The molecule has 3 aliphatic carbocycles. The van der Waals surface area contributed by atoms with E-state index in [1.54, 1.807) is 12.1 Å². The lowest BCUT2D eigenvalue weighted by molar-refractivity contribution is -0.140. The van der Waals surface area contributed by atoms with Crippen LogP contribution in [0.2, 0.25) is 0 Å². The number of carbonyl (C=O) groups is 2. The molecule has 2 bridgehead atoms. The Morgan fingerprint density at radius 2 is 1.83 bits per heavy atom. The van der Waals surface area contributed by atoms with Crippen molar-refractivity contribution in [3.05, 3.63) is 76.6 Å². The molecule has 0 saturated heterocycles. The number of carbonyl (C=O) groups excluding carboxylic acids is 2. The number of benzene rings is 2. The highest BCUT2D eigenvalue weighted by atomic mass is 19.4. The molecule has 222 valence electrons. The maximum absolute atomic E-state index is 13.9. The molecular weight excluding hydrogens is 550 g/mol. The van der Waals surface area contributed by atoms with Gasteiger partial charge in [0, 0.05) is 24.2 Å². The average molecular weight is 584 g/mol. The molecule has 2 aromatic rings. The molecular formula is C32H33F4N3O3. The van der Waals surface area contributed by atoms with Crippen LogP contribution in [0.15, 0.2) is 54.1 Å². The fraction of sp³-hybridized carbons (Fsp3) is 0.438. The van der Waals surface area contributed by atoms with Crippen molar-refractivity contribution in [2.75, 3.05) is 25.5 Å². The Balaban J connectivity index is 1.29. The Labute approximate surface area is 241 Å². The van der Waals surface area contributed by atoms with Gasteiger partial charge in [-0.05, 0) is 92.0 Å². The summed E-state index contributed by atoms with van der Waals surface area (Å²) < 4.78 is 59.3. The molecule has 2 aromatic carbocycles. The number of amides is 2. The third kappa shape index (κ3) is 5.56. The highest BCUT2D eigenvalue weighted by molar-refractivity contribution is 6.00. The number of hydrogen-bond acceptors (Lipinski definition) is 4. The van der Waals surface area contributed by atoms with Gasteiger partial charge in [0.2, 0.25) is 5.91 Å². The maximum atomic E-state index is 13.9. The molecule has 0 unspecified atom stereocenters. The second-order valence-electron chi connectivity index (χ2n) is 11.6. The average Bonchev–Trinajstić information content (AvgIpc) is 3.65. The van der Waals surface area contributed by atoms with E-state index in [2.05, 4.69) is 28.1 Å². The molecule has 0 radical (unpaired) electrons. The number of rotatable bonds is 7. The minimum atomic E-state index is -4.90. The van der Waals surface area contributed by atoms with Crippen molar-refractivity contribution in [2.24, 2.45) is 23.7 Å². The van der Waals surface area contributed by atoms with Gasteiger partial charge < -0.3 is 20.7 Å². The number of alkyl halides is 3. The van der Waals surface area contributed by atoms with Crippen molar-refractivity contribution in [3.63, 3.8) is 0 Å². The van der Waals surface area contributed by atoms with Crippen LogP contribution in [-0.4, -0.2) is 38.1 Å². The third-order valence-electron chi connectivity index (χ3n) is 8.93. The van der Waals surface area contributed by atoms with Gasteiger partial charge >= 0.3 is 6.18 Å². The summed E-state index contributed by atoms with van der Waals surface area (Å²) in [4.78, 5) is 27.5. The van der Waals surface area contributed by atoms with Gasteiger partial charge in [-0.2, -0.15) is 13.2 Å². The molecule has 4 atom stereocenters. The summed E-state index contributed by atoms with van der Waals surface area (Å²) in [6.45, 7) is 1.59. The molecule has 1 heterocycles. The van der Waals surface area contributed by atoms with Gasteiger partial charge in [-0.3, -0.25) is 9.59 Å². The smallest absolute Gasteiger partial charge is 0.419 e. The number of fused-ring (bicyclic) bond motifs is 2. The van der Waals surface area contributed by atoms with E-state index in [1.807, 2.05) is 6.07 Å². The van der Waals surface area contributed by atoms with E-state index in [4.69, 9.17) is 4.74 Å². The quantitative estimate of drug-likeness (QED) is 0.278. The Kier molecular flexibility index (Phi) is 7.59. The number of nitrogens with one attached hydrogen (secondary N) is 3. The molecule has 2 amide bonds. The first kappa shape index (κ1) is 28.5. The number of anilines is 1. The molecule has 6 rings (SSSR count). The number of hydrogen-bond donors (Lipinski definition) is 3. The van der Waals surface area contributed by atoms with Crippen LogP contribution in [0.25, 0.3) is 5.57 Å². The van der Waals surface area contributed by atoms with Gasteiger partial charge in [0.1, 0.15) is 11.6 Å². The van der Waals surface area contributed by atoms with Crippen molar-refractivity contribution >= 4 is 23.1 Å². The van der Waals surface area contributed by atoms with E-state index >= 15 is 0 Å². The van der Waals surface area contributed by atoms with E-state index in [-0.39, 0.29) is 23.4 Å². The zero-order valence-electron chi connectivity index (χ0n) is 23.2. The van der Waals surface area contributed by atoms with Crippen LogP contribution < -0.4 is 20.7 Å². The molecule has 4 aliphatic rings. The zero-order chi connectivity index (χ0) is 29.6. The van der Waals surface area contributed by atoms with Crippen LogP contribution in [0.1, 0.15) is 53.6 Å². The molecule has 1 aliphatic heterocycles. The summed E-state index contributed by atoms with van der Waals surface area (Å²) in [6, 6.07) is 7.36. The van der Waals surface area contributed by atoms with E-state index in [1.165, 1.54) is 7.11 Å². The van der Waals surface area contributed by atoms with Gasteiger partial charge in [0.25, 0.3) is 5.91 Å². The minimum Gasteiger partial charge on any atom is -0.496 e. The molecule has 3 fully saturated rings. The van der Waals surface area contributed by atoms with Crippen molar-refractivity contribution in [1.82, 2.24) is 10.6 Å². The predicted octanol–water partition coefficient (Wildman–Crippen LogP) is 5.96. The first-order valence-electron chi connectivity index (χ1n) is 14.4. The first-order valence-corrected chi connectivity index (χ1v) is 14.4. The lowest BCUT2D eigenvalue weighted by Gasteiger charge is -2.30. The lowest BCUT2D eigenvalue weighted by atomic mass is 9.83. The van der Waals surface area contributed by atoms with Gasteiger partial charge in [-0.25, -0.2) is 4.39 Å². The van der Waals surface area contributed by atoms with E-state index < -0.39 is 35.4 Å². The lowest BCUT2D eigenvalue weighted by Crippen LogP contribution is -2.48. The molecule has 42 heavy (non-hydrogen) atoms. The third-order valence-corrected chi connectivity index (χ3v) is 8.93. The van der Waals surface area contributed by atoms with Crippen LogP contribution in [0.5, 0.6) is 5.75 Å². The highest BCUT2D eigenvalue weighted by Crippen LogP contribution is 2.54. The number of methoxy groups -OCH3 is 1. The fourth-order valence-electron chi connectivity index (χ4n) is 6.78. The number of allylic oxidation sites excluding steroid dienone is 1. The van der Waals surface area contributed by atoms with Gasteiger partial charge in [0.15, 0.2) is 0 Å². The summed E-state index contributed by atoms with van der Waals surface area (Å²) in [5, 5.41) is 9.05. The molecule has 3 N–H and O–H groups in total. The molecule has 0 aromatic heterocycles. The molecule has 6 nitrogen and oxygen atoms in total. The normalized spacial score (nSPS) is 26.2. The second kappa shape index (κ2) is 11.2. The zero-order valence-corrected chi connectivity index (χ0v) is 23.2. The topological polar surface area (TPSA) is 79.5 Å². The fourth-order valence-corrected chi connectivity index (χ4v) is 6.78. The largest absolute Gasteiger partial charge is 0.496 e. The molecule has 0 spiro atoms. The van der Waals surface area contributed by atoms with Crippen LogP contribution in [0.4, 0.5) is 23.2 Å².